The maximum Gasteiger partial charge on any atom is 0.393 e. The Hall–Kier alpha value is -1.27. The summed E-state index contributed by atoms with van der Waals surface area (Å²) in [5.74, 6) is -5.72. The van der Waals surface area contributed by atoms with Gasteiger partial charge in [-0.3, -0.25) is 9.59 Å². The lowest BCUT2D eigenvalue weighted by atomic mass is 9.89. The molecule has 14 heavy (non-hydrogen) atoms. The van der Waals surface area contributed by atoms with Crippen LogP contribution in [0.3, 0.4) is 0 Å². The molecule has 0 spiro atoms. The fourth-order valence-electron chi connectivity index (χ4n) is 1.28. The fourth-order valence-corrected chi connectivity index (χ4v) is 1.28. The van der Waals surface area contributed by atoms with Crippen LogP contribution in [0, 0.1) is 11.8 Å². The normalized spacial score (nSPS) is 28.4. The van der Waals surface area contributed by atoms with E-state index in [4.69, 9.17) is 5.11 Å². The molecule has 0 aromatic carbocycles. The van der Waals surface area contributed by atoms with Crippen LogP contribution in [0.4, 0.5) is 13.2 Å². The van der Waals surface area contributed by atoms with Crippen molar-refractivity contribution in [3.8, 4) is 0 Å². The summed E-state index contributed by atoms with van der Waals surface area (Å²) in [7, 11) is 0. The molecule has 4 nitrogen and oxygen atoms in total. The minimum Gasteiger partial charge on any atom is -0.481 e. The Morgan fingerprint density at radius 2 is 2.07 bits per heavy atom. The van der Waals surface area contributed by atoms with Gasteiger partial charge in [0.2, 0.25) is 5.91 Å². The zero-order valence-electron chi connectivity index (χ0n) is 6.97. The highest BCUT2D eigenvalue weighted by Crippen LogP contribution is 2.33. The predicted molar refractivity (Wildman–Crippen MR) is 38.3 cm³/mol. The van der Waals surface area contributed by atoms with Crippen LogP contribution in [-0.2, 0) is 9.59 Å². The molecule has 7 heteroatoms. The zero-order chi connectivity index (χ0) is 10.9. The second-order valence-electron chi connectivity index (χ2n) is 3.11. The number of hydrogen-bond donors (Lipinski definition) is 2. The summed E-state index contributed by atoms with van der Waals surface area (Å²) in [6.45, 7) is -0.536. The molecule has 1 amide bonds. The van der Waals surface area contributed by atoms with Gasteiger partial charge in [0, 0.05) is 6.54 Å². The second-order valence-corrected chi connectivity index (χ2v) is 3.11. The molecule has 1 fully saturated rings. The van der Waals surface area contributed by atoms with E-state index in [1.54, 1.807) is 0 Å². The van der Waals surface area contributed by atoms with Crippen molar-refractivity contribution in [1.82, 2.24) is 5.32 Å². The molecule has 1 aliphatic heterocycles. The van der Waals surface area contributed by atoms with Gasteiger partial charge in [0.05, 0.1) is 5.92 Å². The smallest absolute Gasteiger partial charge is 0.393 e. The molecular weight excluding hydrogens is 203 g/mol. The number of carboxylic acids is 1. The molecule has 0 aromatic heterocycles. The number of hydrogen-bond acceptors (Lipinski definition) is 2. The van der Waals surface area contributed by atoms with E-state index in [2.05, 4.69) is 0 Å². The molecule has 80 valence electrons. The summed E-state index contributed by atoms with van der Waals surface area (Å²) in [6.07, 6.45) is -5.13. The SMILES string of the molecule is O=C(O)C1C[C@@H](C(F)(F)F)CNC1=O. The minimum absolute atomic E-state index is 0.536. The third kappa shape index (κ3) is 2.15. The Morgan fingerprint density at radius 3 is 2.50 bits per heavy atom. The van der Waals surface area contributed by atoms with Gasteiger partial charge in [0.25, 0.3) is 0 Å². The minimum atomic E-state index is -4.46. The zero-order valence-corrected chi connectivity index (χ0v) is 6.97. The first kappa shape index (κ1) is 10.8. The highest BCUT2D eigenvalue weighted by Gasteiger charge is 2.46. The molecule has 0 bridgehead atoms. The van der Waals surface area contributed by atoms with Gasteiger partial charge in [-0.2, -0.15) is 13.2 Å². The number of carbonyl (C=O) groups is 2. The molecule has 2 N–H and O–H groups in total. The van der Waals surface area contributed by atoms with Gasteiger partial charge in [-0.05, 0) is 6.42 Å². The third-order valence-corrected chi connectivity index (χ3v) is 2.12. The second kappa shape index (κ2) is 3.47. The van der Waals surface area contributed by atoms with E-state index in [1.807, 2.05) is 5.32 Å². The molecule has 1 rings (SSSR count). The van der Waals surface area contributed by atoms with Gasteiger partial charge >= 0.3 is 12.1 Å². The van der Waals surface area contributed by atoms with Crippen molar-refractivity contribution >= 4 is 11.9 Å². The number of aliphatic carboxylic acids is 1. The first-order valence-corrected chi connectivity index (χ1v) is 3.89. The average molecular weight is 211 g/mol. The van der Waals surface area contributed by atoms with Crippen LogP contribution < -0.4 is 5.32 Å². The number of halogens is 3. The van der Waals surface area contributed by atoms with Crippen LogP contribution in [0.25, 0.3) is 0 Å². The lowest BCUT2D eigenvalue weighted by molar-refractivity contribution is -0.186. The van der Waals surface area contributed by atoms with Gasteiger partial charge < -0.3 is 10.4 Å². The summed E-state index contributed by atoms with van der Waals surface area (Å²) in [6, 6.07) is 0. The van der Waals surface area contributed by atoms with Crippen LogP contribution >= 0.6 is 0 Å². The standard InChI is InChI=1S/C7H8F3NO3/c8-7(9,10)3-1-4(6(13)14)5(12)11-2-3/h3-4H,1-2H2,(H,11,12)(H,13,14)/t3-,4?/m1/s1. The lowest BCUT2D eigenvalue weighted by Crippen LogP contribution is -2.48. The van der Waals surface area contributed by atoms with E-state index in [0.717, 1.165) is 0 Å². The molecule has 1 heterocycles. The van der Waals surface area contributed by atoms with Crippen molar-refractivity contribution in [2.24, 2.45) is 11.8 Å². The Morgan fingerprint density at radius 1 is 1.50 bits per heavy atom. The van der Waals surface area contributed by atoms with E-state index in [-0.39, 0.29) is 0 Å². The molecule has 0 radical (unpaired) electrons. The third-order valence-electron chi connectivity index (χ3n) is 2.12. The molecular formula is C7H8F3NO3. The van der Waals surface area contributed by atoms with Crippen molar-refractivity contribution in [2.45, 2.75) is 12.6 Å². The van der Waals surface area contributed by atoms with Crippen LogP contribution in [0.5, 0.6) is 0 Å². The van der Waals surface area contributed by atoms with E-state index >= 15 is 0 Å². The molecule has 1 unspecified atom stereocenters. The summed E-state index contributed by atoms with van der Waals surface area (Å²) in [5.41, 5.74) is 0. The van der Waals surface area contributed by atoms with E-state index in [1.165, 1.54) is 0 Å². The Bertz CT molecular complexity index is 263. The largest absolute Gasteiger partial charge is 0.481 e. The highest BCUT2D eigenvalue weighted by atomic mass is 19.4. The number of rotatable bonds is 1. The van der Waals surface area contributed by atoms with Crippen LogP contribution in [0.1, 0.15) is 6.42 Å². The van der Waals surface area contributed by atoms with E-state index in [9.17, 15) is 22.8 Å². The molecule has 0 aromatic rings. The maximum absolute atomic E-state index is 12.2. The van der Waals surface area contributed by atoms with Crippen molar-refractivity contribution in [3.05, 3.63) is 0 Å². The monoisotopic (exact) mass is 211 g/mol. The van der Waals surface area contributed by atoms with Crippen molar-refractivity contribution < 1.29 is 27.9 Å². The summed E-state index contributed by atoms with van der Waals surface area (Å²) in [4.78, 5) is 21.3. The molecule has 1 saturated heterocycles. The quantitative estimate of drug-likeness (QED) is 0.616. The Labute approximate surface area is 77.1 Å². The maximum atomic E-state index is 12.2. The van der Waals surface area contributed by atoms with Gasteiger partial charge in [0.1, 0.15) is 5.92 Å². The Balaban J connectivity index is 2.72. The summed E-state index contributed by atoms with van der Waals surface area (Å²) < 4.78 is 36.5. The lowest BCUT2D eigenvalue weighted by Gasteiger charge is -2.28. The molecule has 1 aliphatic rings. The van der Waals surface area contributed by atoms with E-state index < -0.39 is 42.9 Å². The number of carbonyl (C=O) groups excluding carboxylic acids is 1. The molecule has 0 saturated carbocycles. The van der Waals surface area contributed by atoms with Gasteiger partial charge in [-0.1, -0.05) is 0 Å². The highest BCUT2D eigenvalue weighted by molar-refractivity contribution is 5.97. The number of alkyl halides is 3. The fraction of sp³-hybridized carbons (Fsp3) is 0.714. The summed E-state index contributed by atoms with van der Waals surface area (Å²) >= 11 is 0. The van der Waals surface area contributed by atoms with Gasteiger partial charge in [0.15, 0.2) is 0 Å². The molecule has 0 aliphatic carbocycles. The number of amides is 1. The van der Waals surface area contributed by atoms with Gasteiger partial charge in [-0.25, -0.2) is 0 Å². The first-order valence-electron chi connectivity index (χ1n) is 3.89. The predicted octanol–water partition coefficient (Wildman–Crippen LogP) is 0.386. The van der Waals surface area contributed by atoms with E-state index in [0.29, 0.717) is 0 Å². The molecule has 2 atom stereocenters. The summed E-state index contributed by atoms with van der Waals surface area (Å²) in [5, 5.41) is 10.4. The first-order chi connectivity index (χ1) is 6.32. The topological polar surface area (TPSA) is 66.4 Å². The average Bonchev–Trinajstić information content (AvgIpc) is 2.02. The van der Waals surface area contributed by atoms with Crippen LogP contribution in [-0.4, -0.2) is 29.7 Å². The number of carboxylic acid groups (broad SMARTS) is 1. The van der Waals surface area contributed by atoms with Crippen LogP contribution in [0.2, 0.25) is 0 Å². The Kier molecular flexibility index (Phi) is 2.68. The number of nitrogens with one attached hydrogen (secondary N) is 1. The van der Waals surface area contributed by atoms with Crippen molar-refractivity contribution in [2.75, 3.05) is 6.54 Å². The van der Waals surface area contributed by atoms with Crippen molar-refractivity contribution in [1.29, 1.82) is 0 Å². The van der Waals surface area contributed by atoms with Gasteiger partial charge in [-0.15, -0.1) is 0 Å². The van der Waals surface area contributed by atoms with Crippen LogP contribution in [0.15, 0.2) is 0 Å². The van der Waals surface area contributed by atoms with Crippen molar-refractivity contribution in [3.63, 3.8) is 0 Å². The number of piperidine rings is 1.